The van der Waals surface area contributed by atoms with E-state index in [0.717, 1.165) is 20.2 Å². The molecule has 1 atom stereocenters. The molecule has 0 bridgehead atoms. The van der Waals surface area contributed by atoms with Gasteiger partial charge in [-0.3, -0.25) is 9.31 Å². The van der Waals surface area contributed by atoms with E-state index in [0.29, 0.717) is 0 Å². The van der Waals surface area contributed by atoms with E-state index in [-0.39, 0.29) is 5.75 Å². The molecule has 0 saturated heterocycles. The van der Waals surface area contributed by atoms with E-state index in [1.807, 2.05) is 12.1 Å². The molecule has 0 amide bonds. The quantitative estimate of drug-likeness (QED) is 0.674. The van der Waals surface area contributed by atoms with Gasteiger partial charge in [-0.2, -0.15) is 5.10 Å². The zero-order chi connectivity index (χ0) is 10.1. The summed E-state index contributed by atoms with van der Waals surface area (Å²) < 4.78 is 21.9. The summed E-state index contributed by atoms with van der Waals surface area (Å²) in [6, 6.07) is 5.43. The lowest BCUT2D eigenvalue weighted by Gasteiger charge is -2.04. The van der Waals surface area contributed by atoms with Gasteiger partial charge in [-0.1, -0.05) is 17.1 Å². The Labute approximate surface area is 96.5 Å². The van der Waals surface area contributed by atoms with Crippen molar-refractivity contribution in [1.82, 2.24) is 10.2 Å². The van der Waals surface area contributed by atoms with E-state index < -0.39 is 11.1 Å². The molecule has 74 valence electrons. The maximum absolute atomic E-state index is 10.5. The van der Waals surface area contributed by atoms with Crippen LogP contribution in [0.1, 0.15) is 5.56 Å². The molecule has 2 rings (SSSR count). The van der Waals surface area contributed by atoms with Crippen LogP contribution in [0.2, 0.25) is 0 Å². The van der Waals surface area contributed by atoms with E-state index in [4.69, 9.17) is 0 Å². The summed E-state index contributed by atoms with van der Waals surface area (Å²) in [6.07, 6.45) is 0. The highest BCUT2D eigenvalue weighted by Crippen LogP contribution is 2.19. The highest BCUT2D eigenvalue weighted by Gasteiger charge is 2.03. The number of fused-ring (bicyclic) bond motifs is 1. The van der Waals surface area contributed by atoms with Gasteiger partial charge < -0.3 is 4.55 Å². The number of aromatic nitrogens is 2. The van der Waals surface area contributed by atoms with E-state index >= 15 is 0 Å². The molecule has 1 unspecified atom stereocenters. The van der Waals surface area contributed by atoms with Crippen molar-refractivity contribution < 1.29 is 8.76 Å². The Bertz CT molecular complexity index is 497. The lowest BCUT2D eigenvalue weighted by Crippen LogP contribution is -1.92. The predicted octanol–water partition coefficient (Wildman–Crippen LogP) is 1.55. The molecule has 14 heavy (non-hydrogen) atoms. The van der Waals surface area contributed by atoms with E-state index in [1.54, 1.807) is 6.07 Å². The van der Waals surface area contributed by atoms with Crippen molar-refractivity contribution >= 4 is 44.6 Å². The molecule has 1 heterocycles. The second-order valence-electron chi connectivity index (χ2n) is 2.84. The van der Waals surface area contributed by atoms with E-state index in [2.05, 4.69) is 32.8 Å². The molecule has 1 N–H and O–H groups in total. The van der Waals surface area contributed by atoms with Gasteiger partial charge in [0.05, 0.1) is 5.52 Å². The fourth-order valence-corrected chi connectivity index (χ4v) is 2.26. The zero-order valence-corrected chi connectivity index (χ0v) is 9.96. The van der Waals surface area contributed by atoms with Gasteiger partial charge in [0, 0.05) is 11.1 Å². The normalized spacial score (nSPS) is 13.3. The summed E-state index contributed by atoms with van der Waals surface area (Å²) in [4.78, 5) is 0. The Morgan fingerprint density at radius 1 is 1.57 bits per heavy atom. The molecule has 0 radical (unpaired) electrons. The van der Waals surface area contributed by atoms with E-state index in [9.17, 15) is 8.76 Å². The monoisotopic (exact) mass is 321 g/mol. The van der Waals surface area contributed by atoms with Crippen molar-refractivity contribution in [1.29, 1.82) is 0 Å². The van der Waals surface area contributed by atoms with Crippen molar-refractivity contribution in [2.45, 2.75) is 5.75 Å². The van der Waals surface area contributed by atoms with Gasteiger partial charge in [-0.25, -0.2) is 0 Å². The number of halogens is 1. The molecule has 0 fully saturated rings. The standard InChI is InChI=1S/C8H7IN2O2S/c9-8-6-3-5(4-14(12)13)1-2-7(6)10-11-8/h1-3H,4H2,(H,10,11)(H,12,13)/p-1. The summed E-state index contributed by atoms with van der Waals surface area (Å²) in [5.41, 5.74) is 1.64. The van der Waals surface area contributed by atoms with Gasteiger partial charge in [0.1, 0.15) is 3.70 Å². The maximum atomic E-state index is 10.5. The van der Waals surface area contributed by atoms with Crippen LogP contribution in [0, 0.1) is 3.70 Å². The lowest BCUT2D eigenvalue weighted by atomic mass is 10.2. The molecule has 0 aliphatic heterocycles. The molecule has 1 aromatic heterocycles. The largest absolute Gasteiger partial charge is 0.772 e. The van der Waals surface area contributed by atoms with Gasteiger partial charge in [-0.05, 0) is 40.3 Å². The van der Waals surface area contributed by atoms with Crippen LogP contribution in [0.15, 0.2) is 18.2 Å². The number of hydrogen-bond donors (Lipinski definition) is 1. The van der Waals surface area contributed by atoms with Crippen LogP contribution in [0.5, 0.6) is 0 Å². The van der Waals surface area contributed by atoms with Crippen LogP contribution in [-0.4, -0.2) is 19.0 Å². The Morgan fingerprint density at radius 2 is 2.36 bits per heavy atom. The third-order valence-electron chi connectivity index (χ3n) is 1.86. The minimum atomic E-state index is -2.04. The smallest absolute Gasteiger partial charge is 0.104 e. The molecular weight excluding hydrogens is 315 g/mol. The van der Waals surface area contributed by atoms with Crippen LogP contribution < -0.4 is 0 Å². The SMILES string of the molecule is O=S([O-])Cc1ccc2n[nH]c(I)c2c1. The molecule has 0 saturated carbocycles. The molecule has 0 spiro atoms. The second-order valence-corrected chi connectivity index (χ2v) is 4.81. The van der Waals surface area contributed by atoms with Gasteiger partial charge >= 0.3 is 0 Å². The van der Waals surface area contributed by atoms with Crippen molar-refractivity contribution in [3.8, 4) is 0 Å². The zero-order valence-electron chi connectivity index (χ0n) is 6.99. The Morgan fingerprint density at radius 3 is 3.07 bits per heavy atom. The molecule has 6 heteroatoms. The average molecular weight is 321 g/mol. The van der Waals surface area contributed by atoms with Gasteiger partial charge in [0.25, 0.3) is 0 Å². The third-order valence-corrected chi connectivity index (χ3v) is 3.25. The summed E-state index contributed by atoms with van der Waals surface area (Å²) in [7, 11) is 0. The van der Waals surface area contributed by atoms with Crippen molar-refractivity contribution in [3.63, 3.8) is 0 Å². The number of hydrogen-bond acceptors (Lipinski definition) is 3. The van der Waals surface area contributed by atoms with Gasteiger partial charge in [-0.15, -0.1) is 0 Å². The summed E-state index contributed by atoms with van der Waals surface area (Å²) in [5.74, 6) is 0.0528. The molecule has 4 nitrogen and oxygen atoms in total. The van der Waals surface area contributed by atoms with Crippen molar-refractivity contribution in [2.24, 2.45) is 0 Å². The second kappa shape index (κ2) is 3.95. The number of benzene rings is 1. The van der Waals surface area contributed by atoms with Crippen LogP contribution in [-0.2, 0) is 16.8 Å². The number of H-pyrrole nitrogens is 1. The fraction of sp³-hybridized carbons (Fsp3) is 0.125. The Kier molecular flexibility index (Phi) is 2.84. The third kappa shape index (κ3) is 1.96. The summed E-state index contributed by atoms with van der Waals surface area (Å²) in [5, 5.41) is 7.86. The number of nitrogens with zero attached hydrogens (tertiary/aromatic N) is 1. The fourth-order valence-electron chi connectivity index (χ4n) is 1.25. The van der Waals surface area contributed by atoms with Crippen molar-refractivity contribution in [2.75, 3.05) is 0 Å². The number of rotatable bonds is 2. The first-order valence-electron chi connectivity index (χ1n) is 3.85. The average Bonchev–Trinajstić information content (AvgIpc) is 2.47. The first-order chi connectivity index (χ1) is 6.66. The molecule has 2 aromatic rings. The topological polar surface area (TPSA) is 68.8 Å². The first-order valence-corrected chi connectivity index (χ1v) is 6.17. The Balaban J connectivity index is 2.49. The van der Waals surface area contributed by atoms with Crippen LogP contribution in [0.3, 0.4) is 0 Å². The summed E-state index contributed by atoms with van der Waals surface area (Å²) >= 11 is 0.0946. The van der Waals surface area contributed by atoms with Gasteiger partial charge in [0.2, 0.25) is 0 Å². The van der Waals surface area contributed by atoms with Crippen LogP contribution in [0.25, 0.3) is 10.9 Å². The molecule has 0 aliphatic rings. The number of aromatic amines is 1. The Hall–Kier alpha value is -0.470. The highest BCUT2D eigenvalue weighted by molar-refractivity contribution is 14.1. The maximum Gasteiger partial charge on any atom is 0.104 e. The number of nitrogens with one attached hydrogen (secondary N) is 1. The van der Waals surface area contributed by atoms with Crippen molar-refractivity contribution in [3.05, 3.63) is 27.5 Å². The summed E-state index contributed by atoms with van der Waals surface area (Å²) in [6.45, 7) is 0. The first kappa shape index (κ1) is 10.1. The predicted molar refractivity (Wildman–Crippen MR) is 61.4 cm³/mol. The van der Waals surface area contributed by atoms with E-state index in [1.165, 1.54) is 0 Å². The van der Waals surface area contributed by atoms with Gasteiger partial charge in [0.15, 0.2) is 0 Å². The molecule has 0 aliphatic carbocycles. The molecule has 1 aromatic carbocycles. The lowest BCUT2D eigenvalue weighted by molar-refractivity contribution is 0.536. The van der Waals surface area contributed by atoms with Crippen LogP contribution >= 0.6 is 22.6 Å². The molecular formula is C8H6IN2O2S-. The highest BCUT2D eigenvalue weighted by atomic mass is 127. The van der Waals surface area contributed by atoms with Crippen LogP contribution in [0.4, 0.5) is 0 Å². The minimum absolute atomic E-state index is 0.0528. The minimum Gasteiger partial charge on any atom is -0.772 e.